The summed E-state index contributed by atoms with van der Waals surface area (Å²) in [6.45, 7) is 7.52. The molecule has 0 aliphatic heterocycles. The van der Waals surface area contributed by atoms with E-state index in [9.17, 15) is 4.79 Å². The molecule has 0 atom stereocenters. The van der Waals surface area contributed by atoms with Crippen LogP contribution in [-0.2, 0) is 4.79 Å². The Morgan fingerprint density at radius 3 is 2.17 bits per heavy atom. The van der Waals surface area contributed by atoms with Crippen LogP contribution in [0.2, 0.25) is 0 Å². The van der Waals surface area contributed by atoms with Gasteiger partial charge in [-0.05, 0) is 26.2 Å². The van der Waals surface area contributed by atoms with Crippen LogP contribution in [0.4, 0.5) is 0 Å². The minimum absolute atomic E-state index is 0.0728. The number of hydrogen-bond donors (Lipinski definition) is 0. The Morgan fingerprint density at radius 2 is 1.92 bits per heavy atom. The highest BCUT2D eigenvalue weighted by Gasteiger charge is 2.05. The predicted molar refractivity (Wildman–Crippen MR) is 51.7 cm³/mol. The molecule has 0 spiro atoms. The van der Waals surface area contributed by atoms with Crippen molar-refractivity contribution in [2.24, 2.45) is 5.92 Å². The fraction of sp³-hybridized carbons (Fsp3) is 0.545. The maximum atomic E-state index is 11.0. The molecule has 1 nitrogen and oxygen atoms in total. The minimum atomic E-state index is 0.0728. The smallest absolute Gasteiger partial charge is 0.156 e. The molecule has 0 rings (SSSR count). The van der Waals surface area contributed by atoms with Crippen molar-refractivity contribution in [3.8, 4) is 12.3 Å². The Labute approximate surface area is 74.9 Å². The second-order valence-electron chi connectivity index (χ2n) is 3.40. The molecule has 0 amide bonds. The topological polar surface area (TPSA) is 17.1 Å². The van der Waals surface area contributed by atoms with E-state index in [1.807, 2.05) is 0 Å². The van der Waals surface area contributed by atoms with Gasteiger partial charge < -0.3 is 0 Å². The molecule has 0 aromatic rings. The van der Waals surface area contributed by atoms with Gasteiger partial charge in [-0.25, -0.2) is 0 Å². The summed E-state index contributed by atoms with van der Waals surface area (Å²) in [4.78, 5) is 11.0. The first-order valence-corrected chi connectivity index (χ1v) is 4.16. The third kappa shape index (κ3) is 3.39. The highest BCUT2D eigenvalue weighted by atomic mass is 16.1. The van der Waals surface area contributed by atoms with E-state index in [0.717, 1.165) is 17.6 Å². The Kier molecular flexibility index (Phi) is 4.36. The quantitative estimate of drug-likeness (QED) is 0.463. The molecule has 66 valence electrons. The molecule has 0 fully saturated rings. The van der Waals surface area contributed by atoms with Crippen LogP contribution in [0.5, 0.6) is 0 Å². The zero-order valence-corrected chi connectivity index (χ0v) is 8.27. The molecule has 0 aromatic heterocycles. The van der Waals surface area contributed by atoms with Crippen molar-refractivity contribution in [2.75, 3.05) is 0 Å². The molecule has 0 unspecified atom stereocenters. The van der Waals surface area contributed by atoms with Crippen molar-refractivity contribution in [1.29, 1.82) is 0 Å². The highest BCUT2D eigenvalue weighted by Crippen LogP contribution is 2.14. The van der Waals surface area contributed by atoms with Gasteiger partial charge in [-0.2, -0.15) is 0 Å². The summed E-state index contributed by atoms with van der Waals surface area (Å²) in [5, 5.41) is 0. The number of Topliss-reactive ketones (excluding diaryl/α,β-unsaturated/α-hetero) is 1. The second-order valence-corrected chi connectivity index (χ2v) is 3.40. The number of carbonyl (C=O) groups is 1. The lowest BCUT2D eigenvalue weighted by molar-refractivity contribution is -0.113. The van der Waals surface area contributed by atoms with Crippen molar-refractivity contribution in [3.63, 3.8) is 0 Å². The van der Waals surface area contributed by atoms with Crippen LogP contribution in [0.3, 0.4) is 0 Å². The molecule has 0 heterocycles. The van der Waals surface area contributed by atoms with Crippen molar-refractivity contribution >= 4 is 5.78 Å². The maximum absolute atomic E-state index is 11.0. The lowest BCUT2D eigenvalue weighted by Crippen LogP contribution is -1.99. The molecule has 0 bridgehead atoms. The summed E-state index contributed by atoms with van der Waals surface area (Å²) in [6.07, 6.45) is 6.12. The normalized spacial score (nSPS) is 12.3. The van der Waals surface area contributed by atoms with E-state index in [-0.39, 0.29) is 5.78 Å². The van der Waals surface area contributed by atoms with Gasteiger partial charge in [0, 0.05) is 11.1 Å². The van der Waals surface area contributed by atoms with E-state index in [0.29, 0.717) is 5.92 Å². The minimum Gasteiger partial charge on any atom is -0.295 e. The predicted octanol–water partition coefficient (Wildman–Crippen LogP) is 2.57. The van der Waals surface area contributed by atoms with Crippen LogP contribution < -0.4 is 0 Å². The van der Waals surface area contributed by atoms with Crippen LogP contribution in [0.1, 0.15) is 34.1 Å². The van der Waals surface area contributed by atoms with Gasteiger partial charge in [0.15, 0.2) is 5.78 Å². The van der Waals surface area contributed by atoms with Gasteiger partial charge in [-0.3, -0.25) is 4.79 Å². The second kappa shape index (κ2) is 4.77. The van der Waals surface area contributed by atoms with E-state index >= 15 is 0 Å². The number of terminal acetylenes is 1. The fourth-order valence-corrected chi connectivity index (χ4v) is 0.941. The average molecular weight is 164 g/mol. The first kappa shape index (κ1) is 11.0. The molecular weight excluding hydrogens is 148 g/mol. The van der Waals surface area contributed by atoms with Crippen LogP contribution in [0, 0.1) is 18.3 Å². The lowest BCUT2D eigenvalue weighted by atomic mass is 9.98. The molecule has 0 saturated carbocycles. The first-order valence-electron chi connectivity index (χ1n) is 4.16. The largest absolute Gasteiger partial charge is 0.295 e. The number of rotatable bonds is 3. The van der Waals surface area contributed by atoms with Crippen molar-refractivity contribution < 1.29 is 4.79 Å². The number of carbonyl (C=O) groups excluding carboxylic acids is 1. The van der Waals surface area contributed by atoms with Crippen LogP contribution in [-0.4, -0.2) is 5.78 Å². The van der Waals surface area contributed by atoms with E-state index in [1.165, 1.54) is 0 Å². The highest BCUT2D eigenvalue weighted by molar-refractivity contribution is 5.94. The van der Waals surface area contributed by atoms with Crippen molar-refractivity contribution in [3.05, 3.63) is 11.1 Å². The summed E-state index contributed by atoms with van der Waals surface area (Å²) in [5.74, 6) is 3.15. The molecule has 0 radical (unpaired) electrons. The molecule has 1 heteroatoms. The zero-order chi connectivity index (χ0) is 9.72. The van der Waals surface area contributed by atoms with Gasteiger partial charge in [0.1, 0.15) is 0 Å². The Balaban J connectivity index is 4.66. The SMILES string of the molecule is C#C/C(CC(C)C)=C(/C)C(C)=O. The Hall–Kier alpha value is -1.03. The molecule has 0 aliphatic rings. The van der Waals surface area contributed by atoms with E-state index in [2.05, 4.69) is 19.8 Å². The van der Waals surface area contributed by atoms with Crippen molar-refractivity contribution in [1.82, 2.24) is 0 Å². The van der Waals surface area contributed by atoms with Crippen LogP contribution in [0.25, 0.3) is 0 Å². The van der Waals surface area contributed by atoms with Crippen molar-refractivity contribution in [2.45, 2.75) is 34.1 Å². The van der Waals surface area contributed by atoms with E-state index in [1.54, 1.807) is 13.8 Å². The first-order chi connectivity index (χ1) is 5.49. The van der Waals surface area contributed by atoms with Gasteiger partial charge in [0.2, 0.25) is 0 Å². The van der Waals surface area contributed by atoms with Crippen LogP contribution in [0.15, 0.2) is 11.1 Å². The average Bonchev–Trinajstić information content (AvgIpc) is 1.98. The van der Waals surface area contributed by atoms with Gasteiger partial charge in [0.05, 0.1) is 0 Å². The molecular formula is C11H16O. The van der Waals surface area contributed by atoms with E-state index in [4.69, 9.17) is 6.42 Å². The summed E-state index contributed by atoms with van der Waals surface area (Å²) in [6, 6.07) is 0. The summed E-state index contributed by atoms with van der Waals surface area (Å²) in [7, 11) is 0. The number of ketones is 1. The number of allylic oxidation sites excluding steroid dienone is 2. The lowest BCUT2D eigenvalue weighted by Gasteiger charge is -2.06. The maximum Gasteiger partial charge on any atom is 0.156 e. The fourth-order valence-electron chi connectivity index (χ4n) is 0.941. The zero-order valence-electron chi connectivity index (χ0n) is 8.27. The monoisotopic (exact) mass is 164 g/mol. The molecule has 0 saturated heterocycles. The third-order valence-electron chi connectivity index (χ3n) is 1.77. The van der Waals surface area contributed by atoms with Gasteiger partial charge >= 0.3 is 0 Å². The molecule has 12 heavy (non-hydrogen) atoms. The van der Waals surface area contributed by atoms with Gasteiger partial charge in [-0.15, -0.1) is 6.42 Å². The summed E-state index contributed by atoms with van der Waals surface area (Å²) in [5.41, 5.74) is 1.57. The molecule has 0 aromatic carbocycles. The summed E-state index contributed by atoms with van der Waals surface area (Å²) >= 11 is 0. The molecule has 0 aliphatic carbocycles. The van der Waals surface area contributed by atoms with Gasteiger partial charge in [-0.1, -0.05) is 19.8 Å². The molecule has 0 N–H and O–H groups in total. The van der Waals surface area contributed by atoms with Gasteiger partial charge in [0.25, 0.3) is 0 Å². The van der Waals surface area contributed by atoms with Crippen LogP contribution >= 0.6 is 0 Å². The Bertz CT molecular complexity index is 238. The summed E-state index contributed by atoms with van der Waals surface area (Å²) < 4.78 is 0. The third-order valence-corrected chi connectivity index (χ3v) is 1.77. The van der Waals surface area contributed by atoms with E-state index < -0.39 is 0 Å². The number of hydrogen-bond acceptors (Lipinski definition) is 1. The Morgan fingerprint density at radius 1 is 1.42 bits per heavy atom. The standard InChI is InChI=1S/C11H16O/c1-6-11(7-8(2)3)9(4)10(5)12/h1,8H,7H2,2-5H3/b11-9+.